The van der Waals surface area contributed by atoms with Crippen LogP contribution in [-0.2, 0) is 17.0 Å². The fraction of sp³-hybridized carbons (Fsp3) is 0.750. The zero-order chi connectivity index (χ0) is 17.1. The highest BCUT2D eigenvalue weighted by Crippen LogP contribution is 2.29. The first-order valence-corrected chi connectivity index (χ1v) is 10.0. The van der Waals surface area contributed by atoms with Crippen LogP contribution in [0.3, 0.4) is 0 Å². The summed E-state index contributed by atoms with van der Waals surface area (Å²) in [6.07, 6.45) is 4.78. The minimum absolute atomic E-state index is 0.279. The molecule has 9 heteroatoms. The number of ether oxygens (including phenoxy) is 1. The molecule has 0 unspecified atom stereocenters. The maximum absolute atomic E-state index is 5.86. The molecule has 0 saturated carbocycles. The third kappa shape index (κ3) is 4.04. The summed E-state index contributed by atoms with van der Waals surface area (Å²) < 4.78 is 8.15. The monoisotopic (exact) mass is 363 g/mol. The van der Waals surface area contributed by atoms with Crippen molar-refractivity contribution >= 4 is 11.8 Å². The third-order valence-electron chi connectivity index (χ3n) is 4.83. The number of H-pyrrole nitrogens is 1. The molecule has 0 aliphatic carbocycles. The van der Waals surface area contributed by atoms with E-state index in [0.717, 1.165) is 74.6 Å². The Morgan fingerprint density at radius 2 is 2.12 bits per heavy atom. The van der Waals surface area contributed by atoms with E-state index in [-0.39, 0.29) is 6.10 Å². The molecule has 2 aliphatic heterocycles. The standard InChI is InChI=1S/C16H25N7OS/c1-11-18-14(20-19-11)10-25-16-22-21-15(12-4-6-17-7-5-12)23(16)9-13-3-2-8-24-13/h12-13,17H,2-10H2,1H3,(H,18,19,20)/t13-/m1/s1. The molecule has 25 heavy (non-hydrogen) atoms. The van der Waals surface area contributed by atoms with Crippen LogP contribution in [0, 0.1) is 6.92 Å². The molecule has 2 aromatic rings. The summed E-state index contributed by atoms with van der Waals surface area (Å²) in [5, 5.41) is 20.5. The van der Waals surface area contributed by atoms with Crippen LogP contribution in [0.4, 0.5) is 0 Å². The molecule has 2 fully saturated rings. The third-order valence-corrected chi connectivity index (χ3v) is 5.80. The summed E-state index contributed by atoms with van der Waals surface area (Å²) in [6, 6.07) is 0. The first-order valence-electron chi connectivity index (χ1n) is 9.05. The van der Waals surface area contributed by atoms with Crippen molar-refractivity contribution in [3.63, 3.8) is 0 Å². The molecule has 0 bridgehead atoms. The molecule has 4 heterocycles. The second-order valence-corrected chi connectivity index (χ2v) is 7.68. The van der Waals surface area contributed by atoms with Gasteiger partial charge in [0.1, 0.15) is 11.6 Å². The number of thioether (sulfide) groups is 1. The summed E-state index contributed by atoms with van der Waals surface area (Å²) >= 11 is 1.65. The number of piperidine rings is 1. The zero-order valence-corrected chi connectivity index (χ0v) is 15.4. The van der Waals surface area contributed by atoms with Crippen LogP contribution in [0.2, 0.25) is 0 Å². The predicted octanol–water partition coefficient (Wildman–Crippen LogP) is 1.64. The van der Waals surface area contributed by atoms with Crippen LogP contribution in [0.25, 0.3) is 0 Å². The molecule has 2 N–H and O–H groups in total. The average molecular weight is 363 g/mol. The summed E-state index contributed by atoms with van der Waals surface area (Å²) in [7, 11) is 0. The maximum Gasteiger partial charge on any atom is 0.191 e. The zero-order valence-electron chi connectivity index (χ0n) is 14.6. The Balaban J connectivity index is 1.52. The maximum atomic E-state index is 5.86. The highest BCUT2D eigenvalue weighted by atomic mass is 32.2. The number of hydrogen-bond acceptors (Lipinski definition) is 7. The van der Waals surface area contributed by atoms with Gasteiger partial charge in [0, 0.05) is 12.5 Å². The molecule has 0 aromatic carbocycles. The number of nitrogens with zero attached hydrogens (tertiary/aromatic N) is 5. The van der Waals surface area contributed by atoms with E-state index >= 15 is 0 Å². The van der Waals surface area contributed by atoms with Crippen molar-refractivity contribution in [1.82, 2.24) is 35.3 Å². The molecule has 8 nitrogen and oxygen atoms in total. The molecule has 1 atom stereocenters. The van der Waals surface area contributed by atoms with Gasteiger partial charge >= 0.3 is 0 Å². The van der Waals surface area contributed by atoms with Gasteiger partial charge in [0.05, 0.1) is 18.4 Å². The molecule has 0 amide bonds. The van der Waals surface area contributed by atoms with Gasteiger partial charge in [0.15, 0.2) is 11.0 Å². The minimum Gasteiger partial charge on any atom is -0.376 e. The molecule has 2 aliphatic rings. The summed E-state index contributed by atoms with van der Waals surface area (Å²) in [5.41, 5.74) is 0. The Kier molecular flexibility index (Phi) is 5.33. The van der Waals surface area contributed by atoms with Crippen molar-refractivity contribution in [2.75, 3.05) is 19.7 Å². The van der Waals surface area contributed by atoms with Gasteiger partial charge in [-0.3, -0.25) is 5.10 Å². The lowest BCUT2D eigenvalue weighted by Gasteiger charge is -2.23. The topological polar surface area (TPSA) is 93.5 Å². The average Bonchev–Trinajstić information content (AvgIpc) is 3.36. The van der Waals surface area contributed by atoms with E-state index in [2.05, 4.69) is 35.3 Å². The van der Waals surface area contributed by atoms with E-state index in [4.69, 9.17) is 4.74 Å². The molecule has 4 rings (SSSR count). The van der Waals surface area contributed by atoms with E-state index < -0.39 is 0 Å². The largest absolute Gasteiger partial charge is 0.376 e. The first-order chi connectivity index (χ1) is 12.3. The van der Waals surface area contributed by atoms with Crippen molar-refractivity contribution < 1.29 is 4.74 Å². The van der Waals surface area contributed by atoms with Crippen molar-refractivity contribution in [1.29, 1.82) is 0 Å². The molecule has 2 aromatic heterocycles. The van der Waals surface area contributed by atoms with E-state index in [0.29, 0.717) is 11.7 Å². The number of hydrogen-bond donors (Lipinski definition) is 2. The van der Waals surface area contributed by atoms with Gasteiger partial charge in [-0.25, -0.2) is 4.98 Å². The Labute approximate surface area is 151 Å². The van der Waals surface area contributed by atoms with Gasteiger partial charge in [-0.2, -0.15) is 5.10 Å². The van der Waals surface area contributed by atoms with E-state index in [1.165, 1.54) is 0 Å². The molecule has 0 spiro atoms. The quantitative estimate of drug-likeness (QED) is 0.754. The number of aryl methyl sites for hydroxylation is 1. The summed E-state index contributed by atoms with van der Waals surface area (Å²) in [4.78, 5) is 4.38. The lowest BCUT2D eigenvalue weighted by atomic mass is 9.97. The molecular weight excluding hydrogens is 338 g/mol. The minimum atomic E-state index is 0.279. The van der Waals surface area contributed by atoms with Gasteiger partial charge in [-0.1, -0.05) is 11.8 Å². The number of nitrogens with one attached hydrogen (secondary N) is 2. The number of aromatic amines is 1. The second-order valence-electron chi connectivity index (χ2n) is 6.74. The lowest BCUT2D eigenvalue weighted by Crippen LogP contribution is -2.29. The Bertz CT molecular complexity index is 688. The smallest absolute Gasteiger partial charge is 0.191 e. The van der Waals surface area contributed by atoms with Gasteiger partial charge < -0.3 is 14.6 Å². The molecule has 2 saturated heterocycles. The molecule has 136 valence electrons. The fourth-order valence-corrected chi connectivity index (χ4v) is 4.34. The second kappa shape index (κ2) is 7.84. The summed E-state index contributed by atoms with van der Waals surface area (Å²) in [6.45, 7) is 5.74. The van der Waals surface area contributed by atoms with Crippen LogP contribution in [-0.4, -0.2) is 55.7 Å². The van der Waals surface area contributed by atoms with E-state index in [9.17, 15) is 0 Å². The van der Waals surface area contributed by atoms with Crippen molar-refractivity contribution in [2.24, 2.45) is 0 Å². The number of rotatable bonds is 6. The van der Waals surface area contributed by atoms with Gasteiger partial charge in [0.2, 0.25) is 0 Å². The van der Waals surface area contributed by atoms with Crippen molar-refractivity contribution in [2.45, 2.75) is 62.1 Å². The molecule has 0 radical (unpaired) electrons. The first kappa shape index (κ1) is 17.0. The van der Waals surface area contributed by atoms with Crippen LogP contribution < -0.4 is 5.32 Å². The van der Waals surface area contributed by atoms with Crippen LogP contribution in [0.5, 0.6) is 0 Å². The SMILES string of the molecule is Cc1nc(CSc2nnc(C3CCNCC3)n2C[C@H]2CCCO2)n[nH]1. The van der Waals surface area contributed by atoms with Crippen LogP contribution >= 0.6 is 11.8 Å². The molecular formula is C16H25N7OS. The van der Waals surface area contributed by atoms with Crippen LogP contribution in [0.1, 0.15) is 49.1 Å². The highest BCUT2D eigenvalue weighted by molar-refractivity contribution is 7.98. The van der Waals surface area contributed by atoms with Gasteiger partial charge in [0.25, 0.3) is 0 Å². The van der Waals surface area contributed by atoms with Crippen molar-refractivity contribution in [3.05, 3.63) is 17.5 Å². The fourth-order valence-electron chi connectivity index (χ4n) is 3.54. The van der Waals surface area contributed by atoms with Gasteiger partial charge in [-0.05, 0) is 45.7 Å². The summed E-state index contributed by atoms with van der Waals surface area (Å²) in [5.74, 6) is 3.94. The van der Waals surface area contributed by atoms with Crippen molar-refractivity contribution in [3.8, 4) is 0 Å². The Morgan fingerprint density at radius 1 is 1.24 bits per heavy atom. The predicted molar refractivity (Wildman–Crippen MR) is 94.5 cm³/mol. The number of aromatic nitrogens is 6. The highest BCUT2D eigenvalue weighted by Gasteiger charge is 2.26. The normalized spacial score (nSPS) is 21.9. The van der Waals surface area contributed by atoms with E-state index in [1.807, 2.05) is 6.92 Å². The Hall–Kier alpha value is -1.45. The lowest BCUT2D eigenvalue weighted by molar-refractivity contribution is 0.0936. The Morgan fingerprint density at radius 3 is 2.84 bits per heavy atom. The van der Waals surface area contributed by atoms with E-state index in [1.54, 1.807) is 11.8 Å². The van der Waals surface area contributed by atoms with Gasteiger partial charge in [-0.15, -0.1) is 10.2 Å². The van der Waals surface area contributed by atoms with Crippen LogP contribution in [0.15, 0.2) is 5.16 Å².